The first-order chi connectivity index (χ1) is 23.2. The Labute approximate surface area is 275 Å². The second-order valence-electron chi connectivity index (χ2n) is 11.6. The van der Waals surface area contributed by atoms with Gasteiger partial charge in [-0.05, 0) is 59.5 Å². The average molecular weight is 627 g/mol. The Morgan fingerprint density at radius 3 is 1.87 bits per heavy atom. The Balaban J connectivity index is 1.25. The van der Waals surface area contributed by atoms with Crippen LogP contribution in [-0.4, -0.2) is 25.4 Å². The second kappa shape index (κ2) is 11.2. The van der Waals surface area contributed by atoms with Crippen LogP contribution in [0.25, 0.3) is 83.6 Å². The maximum absolute atomic E-state index is 6.23. The fourth-order valence-electron chi connectivity index (χ4n) is 6.66. The molecule has 0 aliphatic rings. The van der Waals surface area contributed by atoms with E-state index in [2.05, 4.69) is 71.3 Å². The standard InChI is InChI=1S/C41H27ClN4O/c42-23-22-26-14-9-17-37-38(26)33-25-30(19-21-36(33)47-37)29-18-20-35-32(24-29)31-15-7-8-16-34(31)46(35)41-44-39(27-10-3-1-4-11-27)43-40(45-41)28-12-5-2-6-13-28/h1-21,24-25H,22-23H2. The number of hydrogen-bond acceptors (Lipinski definition) is 4. The van der Waals surface area contributed by atoms with Gasteiger partial charge in [0.25, 0.3) is 0 Å². The summed E-state index contributed by atoms with van der Waals surface area (Å²) in [4.78, 5) is 15.0. The van der Waals surface area contributed by atoms with Crippen LogP contribution < -0.4 is 0 Å². The number of halogens is 1. The zero-order valence-electron chi connectivity index (χ0n) is 25.3. The Morgan fingerprint density at radius 2 is 1.15 bits per heavy atom. The van der Waals surface area contributed by atoms with E-state index in [0.29, 0.717) is 23.5 Å². The third-order valence-electron chi connectivity index (χ3n) is 8.84. The maximum atomic E-state index is 6.23. The molecule has 0 aliphatic heterocycles. The van der Waals surface area contributed by atoms with Crippen LogP contribution in [0.2, 0.25) is 0 Å². The van der Waals surface area contributed by atoms with Gasteiger partial charge in [-0.1, -0.05) is 103 Å². The molecule has 9 rings (SSSR count). The minimum atomic E-state index is 0.563. The summed E-state index contributed by atoms with van der Waals surface area (Å²) in [7, 11) is 0. The maximum Gasteiger partial charge on any atom is 0.238 e. The molecule has 6 aromatic carbocycles. The predicted molar refractivity (Wildman–Crippen MR) is 192 cm³/mol. The van der Waals surface area contributed by atoms with Crippen molar-refractivity contribution < 1.29 is 4.42 Å². The summed E-state index contributed by atoms with van der Waals surface area (Å²) in [5.74, 6) is 2.40. The van der Waals surface area contributed by atoms with Gasteiger partial charge in [0, 0.05) is 38.6 Å². The van der Waals surface area contributed by atoms with Gasteiger partial charge in [-0.15, -0.1) is 11.6 Å². The highest BCUT2D eigenvalue weighted by atomic mass is 35.5. The lowest BCUT2D eigenvalue weighted by Crippen LogP contribution is -2.06. The summed E-state index contributed by atoms with van der Waals surface area (Å²) in [5, 5.41) is 4.50. The lowest BCUT2D eigenvalue weighted by Gasteiger charge is -2.11. The molecule has 0 saturated heterocycles. The molecule has 3 heterocycles. The van der Waals surface area contributed by atoms with Crippen LogP contribution in [0.3, 0.4) is 0 Å². The molecular weight excluding hydrogens is 600 g/mol. The minimum absolute atomic E-state index is 0.563. The lowest BCUT2D eigenvalue weighted by atomic mass is 9.99. The Bertz CT molecular complexity index is 2530. The number of benzene rings is 6. The number of aryl methyl sites for hydroxylation is 1. The molecule has 47 heavy (non-hydrogen) atoms. The molecule has 224 valence electrons. The number of fused-ring (bicyclic) bond motifs is 6. The van der Waals surface area contributed by atoms with Gasteiger partial charge in [0.15, 0.2) is 11.6 Å². The molecule has 0 bridgehead atoms. The summed E-state index contributed by atoms with van der Waals surface area (Å²) in [6.07, 6.45) is 0.790. The van der Waals surface area contributed by atoms with Crippen LogP contribution in [0.1, 0.15) is 5.56 Å². The van der Waals surface area contributed by atoms with Crippen molar-refractivity contribution in [3.8, 4) is 39.9 Å². The van der Waals surface area contributed by atoms with Gasteiger partial charge in [0.1, 0.15) is 11.2 Å². The zero-order valence-corrected chi connectivity index (χ0v) is 26.0. The summed E-state index contributed by atoms with van der Waals surface area (Å²) < 4.78 is 8.38. The van der Waals surface area contributed by atoms with E-state index in [1.165, 1.54) is 5.56 Å². The first-order valence-electron chi connectivity index (χ1n) is 15.7. The van der Waals surface area contributed by atoms with Crippen molar-refractivity contribution in [1.82, 2.24) is 19.5 Å². The van der Waals surface area contributed by atoms with E-state index in [4.69, 9.17) is 31.0 Å². The molecule has 0 amide bonds. The van der Waals surface area contributed by atoms with E-state index in [-0.39, 0.29) is 0 Å². The van der Waals surface area contributed by atoms with Crippen molar-refractivity contribution in [2.24, 2.45) is 0 Å². The first-order valence-corrected chi connectivity index (χ1v) is 16.2. The van der Waals surface area contributed by atoms with Crippen molar-refractivity contribution >= 4 is 55.3 Å². The minimum Gasteiger partial charge on any atom is -0.456 e. The number of hydrogen-bond donors (Lipinski definition) is 0. The highest BCUT2D eigenvalue weighted by Crippen LogP contribution is 2.38. The third kappa shape index (κ3) is 4.67. The molecule has 0 saturated carbocycles. The van der Waals surface area contributed by atoms with Crippen LogP contribution in [0.15, 0.2) is 144 Å². The van der Waals surface area contributed by atoms with Gasteiger partial charge in [-0.25, -0.2) is 4.98 Å². The van der Waals surface area contributed by atoms with Gasteiger partial charge in [-0.3, -0.25) is 4.57 Å². The van der Waals surface area contributed by atoms with E-state index in [0.717, 1.165) is 72.4 Å². The van der Waals surface area contributed by atoms with Crippen molar-refractivity contribution in [3.05, 3.63) is 145 Å². The van der Waals surface area contributed by atoms with Gasteiger partial charge in [0.05, 0.1) is 11.0 Å². The molecule has 5 nitrogen and oxygen atoms in total. The average Bonchev–Trinajstić information content (AvgIpc) is 3.68. The molecule has 0 unspecified atom stereocenters. The molecule has 0 fully saturated rings. The van der Waals surface area contributed by atoms with Crippen molar-refractivity contribution in [2.75, 3.05) is 5.88 Å². The van der Waals surface area contributed by atoms with Gasteiger partial charge in [0.2, 0.25) is 5.95 Å². The Morgan fingerprint density at radius 1 is 0.511 bits per heavy atom. The van der Waals surface area contributed by atoms with Gasteiger partial charge in [-0.2, -0.15) is 9.97 Å². The fraction of sp³-hybridized carbons (Fsp3) is 0.0488. The van der Waals surface area contributed by atoms with Crippen molar-refractivity contribution in [3.63, 3.8) is 0 Å². The summed E-state index contributed by atoms with van der Waals surface area (Å²) in [6.45, 7) is 0. The van der Waals surface area contributed by atoms with Crippen LogP contribution in [0, 0.1) is 0 Å². The normalized spacial score (nSPS) is 11.7. The number of para-hydroxylation sites is 1. The molecular formula is C41H27ClN4O. The SMILES string of the molecule is ClCCc1cccc2oc3ccc(-c4ccc5c(c4)c4ccccc4n5-c4nc(-c5ccccc5)nc(-c5ccccc5)n4)cc3c12. The smallest absolute Gasteiger partial charge is 0.238 e. The highest BCUT2D eigenvalue weighted by molar-refractivity contribution is 6.18. The largest absolute Gasteiger partial charge is 0.456 e. The van der Waals surface area contributed by atoms with E-state index in [1.54, 1.807) is 0 Å². The van der Waals surface area contributed by atoms with Crippen LogP contribution in [0.5, 0.6) is 0 Å². The molecule has 3 aromatic heterocycles. The van der Waals surface area contributed by atoms with E-state index < -0.39 is 0 Å². The fourth-order valence-corrected chi connectivity index (χ4v) is 6.86. The summed E-state index contributed by atoms with van der Waals surface area (Å²) >= 11 is 6.17. The van der Waals surface area contributed by atoms with Crippen LogP contribution in [-0.2, 0) is 6.42 Å². The van der Waals surface area contributed by atoms with Gasteiger partial charge < -0.3 is 4.42 Å². The number of alkyl halides is 1. The molecule has 0 spiro atoms. The third-order valence-corrected chi connectivity index (χ3v) is 9.03. The number of furan rings is 1. The van der Waals surface area contributed by atoms with E-state index >= 15 is 0 Å². The summed E-state index contributed by atoms with van der Waals surface area (Å²) in [5.41, 5.74) is 9.15. The second-order valence-corrected chi connectivity index (χ2v) is 12.0. The Kier molecular flexibility index (Phi) is 6.58. The number of rotatable bonds is 6. The lowest BCUT2D eigenvalue weighted by molar-refractivity contribution is 0.668. The number of aromatic nitrogens is 4. The molecule has 0 atom stereocenters. The quantitative estimate of drug-likeness (QED) is 0.172. The van der Waals surface area contributed by atoms with Crippen LogP contribution >= 0.6 is 11.6 Å². The zero-order chi connectivity index (χ0) is 31.3. The topological polar surface area (TPSA) is 56.7 Å². The van der Waals surface area contributed by atoms with Crippen molar-refractivity contribution in [1.29, 1.82) is 0 Å². The van der Waals surface area contributed by atoms with Crippen LogP contribution in [0.4, 0.5) is 0 Å². The van der Waals surface area contributed by atoms with Gasteiger partial charge >= 0.3 is 0 Å². The predicted octanol–water partition coefficient (Wildman–Crippen LogP) is 10.7. The van der Waals surface area contributed by atoms with E-state index in [9.17, 15) is 0 Å². The van der Waals surface area contributed by atoms with Crippen molar-refractivity contribution in [2.45, 2.75) is 6.42 Å². The molecule has 9 aromatic rings. The summed E-state index contributed by atoms with van der Waals surface area (Å²) in [6, 6.07) is 47.9. The monoisotopic (exact) mass is 626 g/mol. The highest BCUT2D eigenvalue weighted by Gasteiger charge is 2.19. The molecule has 0 N–H and O–H groups in total. The first kappa shape index (κ1) is 27.5. The Hall–Kier alpha value is -5.78. The molecule has 0 aliphatic carbocycles. The molecule has 6 heteroatoms. The number of nitrogens with zero attached hydrogens (tertiary/aromatic N) is 4. The van der Waals surface area contributed by atoms with E-state index in [1.807, 2.05) is 72.8 Å². The molecule has 0 radical (unpaired) electrons.